The minimum Gasteiger partial charge on any atom is -0.385 e. The van der Waals surface area contributed by atoms with Crippen LogP contribution in [-0.2, 0) is 4.74 Å². The number of methoxy groups -OCH3 is 1. The molecule has 0 bridgehead atoms. The zero-order valence-electron chi connectivity index (χ0n) is 8.67. The smallest absolute Gasteiger partial charge is 0.0462 e. The van der Waals surface area contributed by atoms with Crippen molar-refractivity contribution in [3.63, 3.8) is 0 Å². The molecule has 1 rings (SSSR count). The van der Waals surface area contributed by atoms with Crippen molar-refractivity contribution in [3.05, 3.63) is 33.3 Å². The lowest BCUT2D eigenvalue weighted by molar-refractivity contribution is 0.190. The highest BCUT2D eigenvalue weighted by atomic mass is 79.9. The number of hydrogen-bond acceptors (Lipinski definition) is 2. The molecule has 4 heteroatoms. The molecule has 0 aliphatic rings. The van der Waals surface area contributed by atoms with Gasteiger partial charge in [0.05, 0.1) is 0 Å². The highest BCUT2D eigenvalue weighted by molar-refractivity contribution is 9.10. The number of hydrogen-bond donors (Lipinski definition) is 1. The van der Waals surface area contributed by atoms with Crippen molar-refractivity contribution in [1.82, 2.24) is 0 Å². The van der Waals surface area contributed by atoms with Crippen LogP contribution >= 0.6 is 27.5 Å². The van der Waals surface area contributed by atoms with Crippen LogP contribution in [0, 0.1) is 0 Å². The van der Waals surface area contributed by atoms with E-state index in [9.17, 15) is 0 Å². The van der Waals surface area contributed by atoms with Crippen LogP contribution in [0.1, 0.15) is 24.4 Å². The fraction of sp³-hybridized carbons (Fsp3) is 0.455. The standard InChI is InChI=1S/C11H15BrClNO/c1-15-6-2-3-11(14)9-7-8(12)4-5-10(9)13/h4-5,7,11H,2-3,6,14H2,1H3. The average Bonchev–Trinajstić information content (AvgIpc) is 2.22. The lowest BCUT2D eigenvalue weighted by Gasteiger charge is -2.13. The Balaban J connectivity index is 2.64. The number of rotatable bonds is 5. The van der Waals surface area contributed by atoms with Gasteiger partial charge >= 0.3 is 0 Å². The molecule has 2 nitrogen and oxygen atoms in total. The summed E-state index contributed by atoms with van der Waals surface area (Å²) < 4.78 is 5.99. The lowest BCUT2D eigenvalue weighted by Crippen LogP contribution is -2.11. The zero-order valence-corrected chi connectivity index (χ0v) is 11.0. The Morgan fingerprint density at radius 1 is 1.53 bits per heavy atom. The molecular weight excluding hydrogens is 277 g/mol. The van der Waals surface area contributed by atoms with Gasteiger partial charge in [0.2, 0.25) is 0 Å². The molecule has 1 atom stereocenters. The Kier molecular flexibility index (Phi) is 5.61. The highest BCUT2D eigenvalue weighted by Crippen LogP contribution is 2.27. The van der Waals surface area contributed by atoms with E-state index in [0.717, 1.165) is 34.5 Å². The summed E-state index contributed by atoms with van der Waals surface area (Å²) in [5, 5.41) is 0.725. The van der Waals surface area contributed by atoms with Gasteiger partial charge in [-0.2, -0.15) is 0 Å². The van der Waals surface area contributed by atoms with Gasteiger partial charge in [-0.3, -0.25) is 0 Å². The third-order valence-corrected chi connectivity index (χ3v) is 3.06. The van der Waals surface area contributed by atoms with Crippen LogP contribution in [0.25, 0.3) is 0 Å². The van der Waals surface area contributed by atoms with Crippen LogP contribution < -0.4 is 5.73 Å². The molecule has 0 fully saturated rings. The van der Waals surface area contributed by atoms with Crippen LogP contribution in [0.5, 0.6) is 0 Å². The maximum atomic E-state index is 6.07. The van der Waals surface area contributed by atoms with Crippen LogP contribution in [-0.4, -0.2) is 13.7 Å². The van der Waals surface area contributed by atoms with Crippen molar-refractivity contribution in [2.75, 3.05) is 13.7 Å². The summed E-state index contributed by atoms with van der Waals surface area (Å²) in [5.41, 5.74) is 7.03. The molecule has 2 N–H and O–H groups in total. The molecular formula is C11H15BrClNO. The molecule has 0 aliphatic heterocycles. The number of ether oxygens (including phenoxy) is 1. The van der Waals surface area contributed by atoms with Crippen LogP contribution in [0.2, 0.25) is 5.02 Å². The molecule has 0 aliphatic carbocycles. The van der Waals surface area contributed by atoms with Gasteiger partial charge in [0.15, 0.2) is 0 Å². The first kappa shape index (κ1) is 13.0. The van der Waals surface area contributed by atoms with Crippen molar-refractivity contribution in [3.8, 4) is 0 Å². The summed E-state index contributed by atoms with van der Waals surface area (Å²) in [5.74, 6) is 0. The maximum absolute atomic E-state index is 6.07. The SMILES string of the molecule is COCCCC(N)c1cc(Br)ccc1Cl. The van der Waals surface area contributed by atoms with E-state index < -0.39 is 0 Å². The van der Waals surface area contributed by atoms with Crippen LogP contribution in [0.3, 0.4) is 0 Å². The van der Waals surface area contributed by atoms with Crippen LogP contribution in [0.15, 0.2) is 22.7 Å². The molecule has 0 spiro atoms. The van der Waals surface area contributed by atoms with Crippen molar-refractivity contribution in [2.24, 2.45) is 5.73 Å². The van der Waals surface area contributed by atoms with Gasteiger partial charge < -0.3 is 10.5 Å². The van der Waals surface area contributed by atoms with E-state index in [4.69, 9.17) is 22.1 Å². The van der Waals surface area contributed by atoms with Gasteiger partial charge in [-0.05, 0) is 36.6 Å². The fourth-order valence-electron chi connectivity index (χ4n) is 1.40. The molecule has 0 heterocycles. The summed E-state index contributed by atoms with van der Waals surface area (Å²) in [6.45, 7) is 0.735. The molecule has 1 aromatic carbocycles. The van der Waals surface area contributed by atoms with Crippen molar-refractivity contribution in [1.29, 1.82) is 0 Å². The van der Waals surface area contributed by atoms with E-state index in [1.165, 1.54) is 0 Å². The van der Waals surface area contributed by atoms with E-state index in [0.29, 0.717) is 0 Å². The number of halogens is 2. The average molecular weight is 293 g/mol. The van der Waals surface area contributed by atoms with Gasteiger partial charge in [-0.1, -0.05) is 27.5 Å². The largest absolute Gasteiger partial charge is 0.385 e. The van der Waals surface area contributed by atoms with E-state index in [2.05, 4.69) is 15.9 Å². The van der Waals surface area contributed by atoms with E-state index in [1.807, 2.05) is 18.2 Å². The van der Waals surface area contributed by atoms with E-state index in [1.54, 1.807) is 7.11 Å². The van der Waals surface area contributed by atoms with Crippen molar-refractivity contribution < 1.29 is 4.74 Å². The van der Waals surface area contributed by atoms with Gasteiger partial charge in [-0.15, -0.1) is 0 Å². The van der Waals surface area contributed by atoms with E-state index >= 15 is 0 Å². The first-order chi connectivity index (χ1) is 7.15. The summed E-state index contributed by atoms with van der Waals surface area (Å²) in [6, 6.07) is 5.72. The molecule has 0 radical (unpaired) electrons. The maximum Gasteiger partial charge on any atom is 0.0462 e. The predicted octanol–water partition coefficient (Wildman–Crippen LogP) is 3.53. The third-order valence-electron chi connectivity index (χ3n) is 2.22. The number of benzene rings is 1. The summed E-state index contributed by atoms with van der Waals surface area (Å²) >= 11 is 9.48. The Hall–Kier alpha value is -0.0900. The second-order valence-corrected chi connectivity index (χ2v) is 4.73. The molecule has 0 aromatic heterocycles. The first-order valence-corrected chi connectivity index (χ1v) is 6.01. The summed E-state index contributed by atoms with van der Waals surface area (Å²) in [6.07, 6.45) is 1.82. The Bertz CT molecular complexity index is 319. The Morgan fingerprint density at radius 3 is 2.93 bits per heavy atom. The molecule has 1 aromatic rings. The van der Waals surface area contributed by atoms with Gasteiger partial charge in [-0.25, -0.2) is 0 Å². The summed E-state index contributed by atoms with van der Waals surface area (Å²) in [4.78, 5) is 0. The van der Waals surface area contributed by atoms with E-state index in [-0.39, 0.29) is 6.04 Å². The minimum atomic E-state index is -0.0230. The van der Waals surface area contributed by atoms with Gasteiger partial charge in [0.25, 0.3) is 0 Å². The number of nitrogens with two attached hydrogens (primary N) is 1. The van der Waals surface area contributed by atoms with Crippen molar-refractivity contribution >= 4 is 27.5 Å². The predicted molar refractivity (Wildman–Crippen MR) is 67.2 cm³/mol. The minimum absolute atomic E-state index is 0.0230. The van der Waals surface area contributed by atoms with Gasteiger partial charge in [0, 0.05) is 29.3 Å². The van der Waals surface area contributed by atoms with Crippen molar-refractivity contribution in [2.45, 2.75) is 18.9 Å². The summed E-state index contributed by atoms with van der Waals surface area (Å²) in [7, 11) is 1.69. The third kappa shape index (κ3) is 4.11. The monoisotopic (exact) mass is 291 g/mol. The first-order valence-electron chi connectivity index (χ1n) is 4.84. The fourth-order valence-corrected chi connectivity index (χ4v) is 2.04. The quantitative estimate of drug-likeness (QED) is 0.843. The molecule has 0 amide bonds. The highest BCUT2D eigenvalue weighted by Gasteiger charge is 2.10. The molecule has 1 unspecified atom stereocenters. The van der Waals surface area contributed by atoms with Crippen LogP contribution in [0.4, 0.5) is 0 Å². The molecule has 0 saturated heterocycles. The topological polar surface area (TPSA) is 35.2 Å². The zero-order chi connectivity index (χ0) is 11.3. The molecule has 84 valence electrons. The normalized spacial score (nSPS) is 12.8. The van der Waals surface area contributed by atoms with Gasteiger partial charge in [0.1, 0.15) is 0 Å². The molecule has 0 saturated carbocycles. The second-order valence-electron chi connectivity index (χ2n) is 3.41. The Morgan fingerprint density at radius 2 is 2.27 bits per heavy atom. The molecule has 15 heavy (non-hydrogen) atoms. The second kappa shape index (κ2) is 6.48. The Labute approximate surface area is 104 Å². The lowest BCUT2D eigenvalue weighted by atomic mass is 10.0.